The fourth-order valence-corrected chi connectivity index (χ4v) is 7.59. The highest BCUT2D eigenvalue weighted by molar-refractivity contribution is 6.13. The Balaban J connectivity index is 1.19. The molecule has 0 saturated heterocycles. The Morgan fingerprint density at radius 1 is 0.360 bits per heavy atom. The number of para-hydroxylation sites is 3. The molecule has 10 rings (SSSR count). The lowest BCUT2D eigenvalue weighted by molar-refractivity contribution is 1.08. The minimum Gasteiger partial charge on any atom is -0.309 e. The van der Waals surface area contributed by atoms with E-state index in [9.17, 15) is 9.59 Å². The summed E-state index contributed by atoms with van der Waals surface area (Å²) in [6, 6.07) is 55.1. The molecule has 2 N–H and O–H groups in total. The van der Waals surface area contributed by atoms with Crippen LogP contribution in [0.25, 0.3) is 88.1 Å². The van der Waals surface area contributed by atoms with E-state index in [-0.39, 0.29) is 0 Å². The SMILES string of the molecule is O=c1[nH]c(=O)c2cc(-c3ccc4c(c3)c3cc(-c5ccc6c(c5)c5ccccc5n6-c5ccccc5)ccc3n4-c3ccccc3)ccc2[nH]1. The molecule has 0 radical (unpaired) electrons. The zero-order valence-electron chi connectivity index (χ0n) is 26.7. The number of rotatable bonds is 4. The number of fused-ring (bicyclic) bond motifs is 7. The van der Waals surface area contributed by atoms with Crippen LogP contribution in [0.3, 0.4) is 0 Å². The molecule has 3 heterocycles. The molecule has 0 spiro atoms. The molecule has 0 saturated carbocycles. The Morgan fingerprint density at radius 3 is 1.32 bits per heavy atom. The topological polar surface area (TPSA) is 75.6 Å². The second kappa shape index (κ2) is 10.8. The van der Waals surface area contributed by atoms with Gasteiger partial charge in [0, 0.05) is 32.9 Å². The molecular weight excluding hydrogens is 617 g/mol. The van der Waals surface area contributed by atoms with Gasteiger partial charge in [-0.1, -0.05) is 78.9 Å². The van der Waals surface area contributed by atoms with Crippen molar-refractivity contribution in [1.82, 2.24) is 19.1 Å². The number of aromatic nitrogens is 4. The van der Waals surface area contributed by atoms with Gasteiger partial charge in [0.05, 0.1) is 33.0 Å². The number of H-pyrrole nitrogens is 2. The van der Waals surface area contributed by atoms with Crippen LogP contribution in [0.5, 0.6) is 0 Å². The number of nitrogens with zero attached hydrogens (tertiary/aromatic N) is 2. The molecule has 7 aromatic carbocycles. The van der Waals surface area contributed by atoms with Crippen LogP contribution in [0.4, 0.5) is 0 Å². The van der Waals surface area contributed by atoms with Crippen LogP contribution in [-0.2, 0) is 0 Å². The maximum atomic E-state index is 12.7. The first-order valence-corrected chi connectivity index (χ1v) is 16.6. The number of hydrogen-bond acceptors (Lipinski definition) is 2. The lowest BCUT2D eigenvalue weighted by Gasteiger charge is -2.09. The monoisotopic (exact) mass is 644 g/mol. The van der Waals surface area contributed by atoms with E-state index < -0.39 is 11.2 Å². The molecule has 0 aliphatic rings. The predicted molar refractivity (Wildman–Crippen MR) is 205 cm³/mol. The van der Waals surface area contributed by atoms with Gasteiger partial charge in [0.15, 0.2) is 0 Å². The van der Waals surface area contributed by atoms with Gasteiger partial charge in [0.25, 0.3) is 5.56 Å². The summed E-state index contributed by atoms with van der Waals surface area (Å²) in [5, 5.41) is 5.13. The van der Waals surface area contributed by atoms with E-state index in [0.29, 0.717) is 10.9 Å². The number of benzene rings is 7. The molecule has 0 bridgehead atoms. The summed E-state index contributed by atoms with van der Waals surface area (Å²) in [4.78, 5) is 29.6. The van der Waals surface area contributed by atoms with Crippen molar-refractivity contribution in [1.29, 1.82) is 0 Å². The second-order valence-electron chi connectivity index (χ2n) is 12.7. The van der Waals surface area contributed by atoms with E-state index in [0.717, 1.165) is 55.4 Å². The van der Waals surface area contributed by atoms with Gasteiger partial charge in [-0.05, 0) is 101 Å². The summed E-state index contributed by atoms with van der Waals surface area (Å²) in [5.41, 5.74) is 10.5. The normalized spacial score (nSPS) is 11.8. The average Bonchev–Trinajstić information content (AvgIpc) is 3.67. The average molecular weight is 645 g/mol. The molecule has 10 aromatic rings. The van der Waals surface area contributed by atoms with Crippen LogP contribution >= 0.6 is 0 Å². The van der Waals surface area contributed by atoms with Crippen molar-refractivity contribution in [3.63, 3.8) is 0 Å². The Hall–Kier alpha value is -6.92. The Bertz CT molecular complexity index is 3080. The summed E-state index contributed by atoms with van der Waals surface area (Å²) in [6.07, 6.45) is 0. The van der Waals surface area contributed by atoms with Crippen LogP contribution in [0.15, 0.2) is 167 Å². The Labute approximate surface area is 285 Å². The van der Waals surface area contributed by atoms with Gasteiger partial charge >= 0.3 is 5.69 Å². The maximum Gasteiger partial charge on any atom is 0.326 e. The molecule has 0 aliphatic carbocycles. The number of hydrogen-bond donors (Lipinski definition) is 2. The van der Waals surface area contributed by atoms with Crippen LogP contribution in [0.1, 0.15) is 0 Å². The summed E-state index contributed by atoms with van der Waals surface area (Å²) in [6.45, 7) is 0. The molecule has 0 atom stereocenters. The lowest BCUT2D eigenvalue weighted by Crippen LogP contribution is -2.21. The molecule has 236 valence electrons. The Morgan fingerprint density at radius 2 is 0.780 bits per heavy atom. The third kappa shape index (κ3) is 4.29. The van der Waals surface area contributed by atoms with Crippen molar-refractivity contribution >= 4 is 54.5 Å². The summed E-state index contributed by atoms with van der Waals surface area (Å²) >= 11 is 0. The zero-order valence-corrected chi connectivity index (χ0v) is 26.7. The molecule has 50 heavy (non-hydrogen) atoms. The van der Waals surface area contributed by atoms with E-state index in [4.69, 9.17) is 0 Å². The van der Waals surface area contributed by atoms with Crippen molar-refractivity contribution in [3.8, 4) is 33.6 Å². The molecule has 0 fully saturated rings. The van der Waals surface area contributed by atoms with Gasteiger partial charge < -0.3 is 14.1 Å². The largest absolute Gasteiger partial charge is 0.326 e. The fourth-order valence-electron chi connectivity index (χ4n) is 7.59. The van der Waals surface area contributed by atoms with E-state index in [1.165, 1.54) is 21.8 Å². The van der Waals surface area contributed by atoms with Crippen molar-refractivity contribution in [2.75, 3.05) is 0 Å². The van der Waals surface area contributed by atoms with Crippen molar-refractivity contribution in [2.24, 2.45) is 0 Å². The number of aromatic amines is 2. The van der Waals surface area contributed by atoms with Gasteiger partial charge in [-0.2, -0.15) is 0 Å². The van der Waals surface area contributed by atoms with E-state index in [1.54, 1.807) is 6.07 Å². The summed E-state index contributed by atoms with van der Waals surface area (Å²) in [5.74, 6) is 0. The molecule has 0 unspecified atom stereocenters. The second-order valence-corrected chi connectivity index (χ2v) is 12.7. The molecule has 0 amide bonds. The molecular formula is C44H28N4O2. The smallest absolute Gasteiger partial charge is 0.309 e. The third-order valence-electron chi connectivity index (χ3n) is 9.87. The van der Waals surface area contributed by atoms with Crippen LogP contribution in [0, 0.1) is 0 Å². The summed E-state index contributed by atoms with van der Waals surface area (Å²) in [7, 11) is 0. The van der Waals surface area contributed by atoms with Gasteiger partial charge in [0.1, 0.15) is 0 Å². The van der Waals surface area contributed by atoms with Crippen molar-refractivity contribution in [2.45, 2.75) is 0 Å². The van der Waals surface area contributed by atoms with Crippen LogP contribution < -0.4 is 11.2 Å². The Kier molecular flexibility index (Phi) is 6.08. The third-order valence-corrected chi connectivity index (χ3v) is 9.87. The zero-order chi connectivity index (χ0) is 33.3. The number of nitrogens with one attached hydrogen (secondary N) is 2. The maximum absolute atomic E-state index is 12.7. The van der Waals surface area contributed by atoms with Crippen LogP contribution in [0.2, 0.25) is 0 Å². The van der Waals surface area contributed by atoms with Crippen molar-refractivity contribution < 1.29 is 0 Å². The quantitative estimate of drug-likeness (QED) is 0.200. The molecule has 6 heteroatoms. The van der Waals surface area contributed by atoms with E-state index in [2.05, 4.69) is 153 Å². The first-order chi connectivity index (χ1) is 24.6. The summed E-state index contributed by atoms with van der Waals surface area (Å²) < 4.78 is 4.65. The van der Waals surface area contributed by atoms with Gasteiger partial charge in [-0.15, -0.1) is 0 Å². The van der Waals surface area contributed by atoms with E-state index in [1.807, 2.05) is 18.2 Å². The first kappa shape index (κ1) is 28.1. The van der Waals surface area contributed by atoms with E-state index >= 15 is 0 Å². The highest BCUT2D eigenvalue weighted by Crippen LogP contribution is 2.39. The standard InChI is InChI=1S/C44H28N4O2/c49-43-37-26-27(15-19-38(37)45-44(50)46-43)29-17-21-41-35(24-29)36-25-30(18-22-42(36)48(41)32-11-5-2-6-12-32)28-16-20-40-34(23-28)33-13-7-8-14-39(33)47(40)31-9-3-1-4-10-31/h1-26H,(H2,45,46,49,50). The minimum absolute atomic E-state index is 0.402. The lowest BCUT2D eigenvalue weighted by atomic mass is 9.99. The highest BCUT2D eigenvalue weighted by atomic mass is 16.2. The molecule has 3 aromatic heterocycles. The first-order valence-electron chi connectivity index (χ1n) is 16.6. The van der Waals surface area contributed by atoms with Gasteiger partial charge in [-0.25, -0.2) is 4.79 Å². The molecule has 0 aliphatic heterocycles. The van der Waals surface area contributed by atoms with Crippen LogP contribution in [-0.4, -0.2) is 19.1 Å². The van der Waals surface area contributed by atoms with Crippen molar-refractivity contribution in [3.05, 3.63) is 179 Å². The predicted octanol–water partition coefficient (Wildman–Crippen LogP) is 9.74. The highest BCUT2D eigenvalue weighted by Gasteiger charge is 2.17. The van der Waals surface area contributed by atoms with Gasteiger partial charge in [0.2, 0.25) is 0 Å². The minimum atomic E-state index is -0.512. The molecule has 6 nitrogen and oxygen atoms in total. The fraction of sp³-hybridized carbons (Fsp3) is 0. The van der Waals surface area contributed by atoms with Gasteiger partial charge in [-0.3, -0.25) is 9.78 Å².